The van der Waals surface area contributed by atoms with Crippen molar-refractivity contribution in [1.82, 2.24) is 15.0 Å². The molecule has 0 bridgehead atoms. The van der Waals surface area contributed by atoms with Crippen LogP contribution in [0, 0.1) is 0 Å². The van der Waals surface area contributed by atoms with Gasteiger partial charge in [-0.05, 0) is 28.1 Å². The first-order chi connectivity index (χ1) is 5.88. The first-order valence-corrected chi connectivity index (χ1v) is 4.26. The van der Waals surface area contributed by atoms with Crippen LogP contribution in [0.3, 0.4) is 0 Å². The molecule has 0 fully saturated rings. The Morgan fingerprint density at radius 1 is 1.42 bits per heavy atom. The molecule has 0 spiro atoms. The lowest BCUT2D eigenvalue weighted by atomic mass is 10.2. The van der Waals surface area contributed by atoms with E-state index in [1.165, 1.54) is 0 Å². The average molecular weight is 224 g/mol. The molecule has 0 saturated heterocycles. The van der Waals surface area contributed by atoms with Crippen molar-refractivity contribution in [3.8, 4) is 11.3 Å². The molecule has 0 aliphatic rings. The third kappa shape index (κ3) is 1.25. The van der Waals surface area contributed by atoms with Gasteiger partial charge in [-0.25, -0.2) is 9.97 Å². The maximum absolute atomic E-state index is 4.10. The first kappa shape index (κ1) is 7.49. The number of pyridine rings is 1. The third-order valence-electron chi connectivity index (χ3n) is 1.55. The quantitative estimate of drug-likeness (QED) is 0.754. The SMILES string of the molecule is Brc1ncccc1-c1cnc[nH]1. The van der Waals surface area contributed by atoms with Crippen LogP contribution in [0.1, 0.15) is 0 Å². The number of nitrogens with zero attached hydrogens (tertiary/aromatic N) is 2. The zero-order valence-electron chi connectivity index (χ0n) is 6.16. The van der Waals surface area contributed by atoms with Gasteiger partial charge in [0.15, 0.2) is 0 Å². The lowest BCUT2D eigenvalue weighted by Gasteiger charge is -1.97. The van der Waals surface area contributed by atoms with Gasteiger partial charge in [-0.3, -0.25) is 0 Å². The summed E-state index contributed by atoms with van der Waals surface area (Å²) in [6.45, 7) is 0. The molecule has 0 aliphatic heterocycles. The van der Waals surface area contributed by atoms with Crippen LogP contribution in [-0.4, -0.2) is 15.0 Å². The molecule has 60 valence electrons. The summed E-state index contributed by atoms with van der Waals surface area (Å²) < 4.78 is 0.828. The maximum Gasteiger partial charge on any atom is 0.115 e. The Labute approximate surface area is 78.0 Å². The summed E-state index contributed by atoms with van der Waals surface area (Å²) in [6.07, 6.45) is 5.15. The summed E-state index contributed by atoms with van der Waals surface area (Å²) in [7, 11) is 0. The van der Waals surface area contributed by atoms with E-state index in [1.807, 2.05) is 12.1 Å². The number of aromatic nitrogens is 3. The lowest BCUT2D eigenvalue weighted by molar-refractivity contribution is 1.26. The molecule has 2 aromatic heterocycles. The van der Waals surface area contributed by atoms with E-state index in [-0.39, 0.29) is 0 Å². The lowest BCUT2D eigenvalue weighted by Crippen LogP contribution is -1.81. The fourth-order valence-electron chi connectivity index (χ4n) is 0.990. The average Bonchev–Trinajstić information content (AvgIpc) is 2.57. The van der Waals surface area contributed by atoms with Crippen molar-refractivity contribution in [3.05, 3.63) is 35.5 Å². The number of imidazole rings is 1. The fraction of sp³-hybridized carbons (Fsp3) is 0. The second-order valence-corrected chi connectivity index (χ2v) is 3.06. The minimum atomic E-state index is 0.828. The van der Waals surface area contributed by atoms with E-state index >= 15 is 0 Å². The van der Waals surface area contributed by atoms with Crippen molar-refractivity contribution in [1.29, 1.82) is 0 Å². The standard InChI is InChI=1S/C8H6BrN3/c9-8-6(2-1-3-11-8)7-4-10-5-12-7/h1-5H,(H,10,12). The van der Waals surface area contributed by atoms with E-state index in [4.69, 9.17) is 0 Å². The monoisotopic (exact) mass is 223 g/mol. The van der Waals surface area contributed by atoms with Gasteiger partial charge < -0.3 is 4.98 Å². The maximum atomic E-state index is 4.10. The molecule has 2 aromatic rings. The van der Waals surface area contributed by atoms with Crippen molar-refractivity contribution >= 4 is 15.9 Å². The highest BCUT2D eigenvalue weighted by Gasteiger charge is 2.02. The molecule has 2 heterocycles. The number of aromatic amines is 1. The van der Waals surface area contributed by atoms with Crippen LogP contribution in [0.2, 0.25) is 0 Å². The highest BCUT2D eigenvalue weighted by atomic mass is 79.9. The van der Waals surface area contributed by atoms with Gasteiger partial charge in [0.05, 0.1) is 18.2 Å². The number of halogens is 1. The minimum absolute atomic E-state index is 0.828. The van der Waals surface area contributed by atoms with Gasteiger partial charge in [0.2, 0.25) is 0 Å². The van der Waals surface area contributed by atoms with E-state index in [1.54, 1.807) is 18.7 Å². The largest absolute Gasteiger partial charge is 0.345 e. The zero-order chi connectivity index (χ0) is 8.39. The molecule has 4 heteroatoms. The summed E-state index contributed by atoms with van der Waals surface area (Å²) in [6, 6.07) is 3.87. The Balaban J connectivity index is 2.55. The van der Waals surface area contributed by atoms with Gasteiger partial charge >= 0.3 is 0 Å². The summed E-state index contributed by atoms with van der Waals surface area (Å²) >= 11 is 3.36. The third-order valence-corrected chi connectivity index (χ3v) is 2.18. The van der Waals surface area contributed by atoms with Crippen molar-refractivity contribution in [2.45, 2.75) is 0 Å². The Bertz CT molecular complexity index is 370. The second-order valence-electron chi connectivity index (χ2n) is 2.31. The molecule has 2 rings (SSSR count). The van der Waals surface area contributed by atoms with Crippen LogP contribution >= 0.6 is 15.9 Å². The van der Waals surface area contributed by atoms with Crippen LogP contribution in [0.15, 0.2) is 35.5 Å². The van der Waals surface area contributed by atoms with E-state index in [9.17, 15) is 0 Å². The summed E-state index contributed by atoms with van der Waals surface area (Å²) in [5.74, 6) is 0. The summed E-state index contributed by atoms with van der Waals surface area (Å²) in [5, 5.41) is 0. The Morgan fingerprint density at radius 2 is 2.33 bits per heavy atom. The van der Waals surface area contributed by atoms with Gasteiger partial charge in [-0.15, -0.1) is 0 Å². The predicted octanol–water partition coefficient (Wildman–Crippen LogP) is 2.23. The van der Waals surface area contributed by atoms with Crippen LogP contribution in [0.5, 0.6) is 0 Å². The highest BCUT2D eigenvalue weighted by molar-refractivity contribution is 9.10. The van der Waals surface area contributed by atoms with Gasteiger partial charge in [-0.1, -0.05) is 0 Å². The molecular formula is C8H6BrN3. The number of hydrogen-bond donors (Lipinski definition) is 1. The van der Waals surface area contributed by atoms with E-state index in [0.29, 0.717) is 0 Å². The minimum Gasteiger partial charge on any atom is -0.345 e. The van der Waals surface area contributed by atoms with Gasteiger partial charge in [-0.2, -0.15) is 0 Å². The molecule has 0 atom stereocenters. The topological polar surface area (TPSA) is 41.6 Å². The van der Waals surface area contributed by atoms with Crippen LogP contribution in [0.25, 0.3) is 11.3 Å². The van der Waals surface area contributed by atoms with Crippen molar-refractivity contribution < 1.29 is 0 Å². The number of rotatable bonds is 1. The second kappa shape index (κ2) is 3.06. The highest BCUT2D eigenvalue weighted by Crippen LogP contribution is 2.23. The Kier molecular flexibility index (Phi) is 1.91. The smallest absolute Gasteiger partial charge is 0.115 e. The first-order valence-electron chi connectivity index (χ1n) is 3.47. The molecule has 0 radical (unpaired) electrons. The van der Waals surface area contributed by atoms with E-state index < -0.39 is 0 Å². The molecular weight excluding hydrogens is 218 g/mol. The summed E-state index contributed by atoms with van der Waals surface area (Å²) in [4.78, 5) is 11.1. The van der Waals surface area contributed by atoms with E-state index in [2.05, 4.69) is 30.9 Å². The van der Waals surface area contributed by atoms with Crippen molar-refractivity contribution in [2.24, 2.45) is 0 Å². The Hall–Kier alpha value is -1.16. The van der Waals surface area contributed by atoms with Gasteiger partial charge in [0.25, 0.3) is 0 Å². The summed E-state index contributed by atoms with van der Waals surface area (Å²) in [5.41, 5.74) is 1.99. The van der Waals surface area contributed by atoms with Crippen molar-refractivity contribution in [3.63, 3.8) is 0 Å². The van der Waals surface area contributed by atoms with Crippen LogP contribution in [0.4, 0.5) is 0 Å². The normalized spacial score (nSPS) is 10.1. The molecule has 12 heavy (non-hydrogen) atoms. The van der Waals surface area contributed by atoms with Crippen LogP contribution in [-0.2, 0) is 0 Å². The number of nitrogens with one attached hydrogen (secondary N) is 1. The van der Waals surface area contributed by atoms with Crippen molar-refractivity contribution in [2.75, 3.05) is 0 Å². The van der Waals surface area contributed by atoms with Gasteiger partial charge in [0.1, 0.15) is 4.60 Å². The molecule has 0 amide bonds. The molecule has 0 aliphatic carbocycles. The zero-order valence-corrected chi connectivity index (χ0v) is 7.75. The molecule has 0 unspecified atom stereocenters. The van der Waals surface area contributed by atoms with Crippen LogP contribution < -0.4 is 0 Å². The molecule has 3 nitrogen and oxygen atoms in total. The molecule has 0 aromatic carbocycles. The Morgan fingerprint density at radius 3 is 3.00 bits per heavy atom. The molecule has 1 N–H and O–H groups in total. The van der Waals surface area contributed by atoms with Gasteiger partial charge in [0, 0.05) is 11.8 Å². The predicted molar refractivity (Wildman–Crippen MR) is 49.5 cm³/mol. The molecule has 0 saturated carbocycles. The number of H-pyrrole nitrogens is 1. The number of hydrogen-bond acceptors (Lipinski definition) is 2. The fourth-order valence-corrected chi connectivity index (χ4v) is 1.45. The van der Waals surface area contributed by atoms with E-state index in [0.717, 1.165) is 15.9 Å².